The first kappa shape index (κ1) is 14.9. The molecule has 0 radical (unpaired) electrons. The lowest BCUT2D eigenvalue weighted by molar-refractivity contribution is -0.138. The zero-order valence-corrected chi connectivity index (χ0v) is 10.2. The predicted molar refractivity (Wildman–Crippen MR) is 62.1 cm³/mol. The number of rotatable bonds is 8. The van der Waals surface area contributed by atoms with Crippen LogP contribution in [0.25, 0.3) is 0 Å². The topological polar surface area (TPSA) is 78.4 Å². The van der Waals surface area contributed by atoms with Gasteiger partial charge in [-0.25, -0.2) is 0 Å². The second-order valence-electron chi connectivity index (χ2n) is 4.43. The van der Waals surface area contributed by atoms with Crippen LogP contribution in [-0.2, 0) is 9.59 Å². The molecule has 0 aromatic carbocycles. The molecule has 1 amide bonds. The zero-order valence-electron chi connectivity index (χ0n) is 10.2. The maximum absolute atomic E-state index is 11.2. The summed E-state index contributed by atoms with van der Waals surface area (Å²) in [5, 5.41) is 14.2. The summed E-state index contributed by atoms with van der Waals surface area (Å²) < 4.78 is 0. The maximum Gasteiger partial charge on any atom is 0.303 e. The molecule has 0 heterocycles. The van der Waals surface area contributed by atoms with Gasteiger partial charge in [-0.05, 0) is 25.3 Å². The lowest BCUT2D eigenvalue weighted by Crippen LogP contribution is -2.36. The van der Waals surface area contributed by atoms with Crippen LogP contribution in [0.2, 0.25) is 0 Å². The fourth-order valence-electron chi connectivity index (χ4n) is 1.63. The van der Waals surface area contributed by atoms with Crippen molar-refractivity contribution in [2.24, 2.45) is 11.8 Å². The summed E-state index contributed by atoms with van der Waals surface area (Å²) in [7, 11) is 1.70. The van der Waals surface area contributed by atoms with Crippen LogP contribution in [0.5, 0.6) is 0 Å². The summed E-state index contributed by atoms with van der Waals surface area (Å²) in [6, 6.07) is 0. The molecule has 0 bridgehead atoms. The number of carbonyl (C=O) groups is 2. The van der Waals surface area contributed by atoms with Crippen molar-refractivity contribution in [2.75, 3.05) is 20.1 Å². The van der Waals surface area contributed by atoms with Gasteiger partial charge in [-0.2, -0.15) is 0 Å². The second kappa shape index (κ2) is 8.10. The van der Waals surface area contributed by atoms with Crippen molar-refractivity contribution in [3.05, 3.63) is 0 Å². The summed E-state index contributed by atoms with van der Waals surface area (Å²) in [5.74, 6) is -0.459. The van der Waals surface area contributed by atoms with E-state index in [-0.39, 0.29) is 24.8 Å². The molecule has 1 atom stereocenters. The van der Waals surface area contributed by atoms with Crippen molar-refractivity contribution in [1.82, 2.24) is 10.6 Å². The summed E-state index contributed by atoms with van der Waals surface area (Å²) in [6.45, 7) is 4.79. The van der Waals surface area contributed by atoms with Crippen LogP contribution < -0.4 is 10.6 Å². The van der Waals surface area contributed by atoms with Crippen molar-refractivity contribution in [3.63, 3.8) is 0 Å². The molecule has 94 valence electrons. The van der Waals surface area contributed by atoms with E-state index in [1.165, 1.54) is 0 Å². The van der Waals surface area contributed by atoms with Crippen LogP contribution in [-0.4, -0.2) is 37.1 Å². The lowest BCUT2D eigenvalue weighted by atomic mass is 9.94. The third-order valence-corrected chi connectivity index (χ3v) is 2.19. The average Bonchev–Trinajstić information content (AvgIpc) is 2.13. The second-order valence-corrected chi connectivity index (χ2v) is 4.43. The van der Waals surface area contributed by atoms with Gasteiger partial charge in [0.05, 0.1) is 6.54 Å². The highest BCUT2D eigenvalue weighted by Gasteiger charge is 2.15. The van der Waals surface area contributed by atoms with Gasteiger partial charge < -0.3 is 15.7 Å². The van der Waals surface area contributed by atoms with E-state index in [2.05, 4.69) is 10.6 Å². The van der Waals surface area contributed by atoms with Gasteiger partial charge in [-0.1, -0.05) is 13.8 Å². The number of carbonyl (C=O) groups excluding carboxylic acids is 1. The standard InChI is InChI=1S/C11H22N2O3/c1-8(2)4-9(5-11(15)16)6-13-10(14)7-12-3/h8-9,12H,4-7H2,1-3H3,(H,13,14)(H,15,16)/t9-/m0/s1. The molecule has 5 heteroatoms. The molecular formula is C11H22N2O3. The van der Waals surface area contributed by atoms with E-state index in [9.17, 15) is 9.59 Å². The van der Waals surface area contributed by atoms with Gasteiger partial charge in [0.1, 0.15) is 0 Å². The Morgan fingerprint density at radius 2 is 1.94 bits per heavy atom. The van der Waals surface area contributed by atoms with Crippen molar-refractivity contribution < 1.29 is 14.7 Å². The van der Waals surface area contributed by atoms with Crippen LogP contribution in [0.15, 0.2) is 0 Å². The number of nitrogens with one attached hydrogen (secondary N) is 2. The number of likely N-dealkylation sites (N-methyl/N-ethyl adjacent to an activating group) is 1. The monoisotopic (exact) mass is 230 g/mol. The first-order valence-electron chi connectivity index (χ1n) is 5.58. The third kappa shape index (κ3) is 8.23. The minimum Gasteiger partial charge on any atom is -0.481 e. The Bertz CT molecular complexity index is 229. The predicted octanol–water partition coefficient (Wildman–Crippen LogP) is 0.459. The van der Waals surface area contributed by atoms with Crippen molar-refractivity contribution in [3.8, 4) is 0 Å². The van der Waals surface area contributed by atoms with Gasteiger partial charge in [-0.3, -0.25) is 9.59 Å². The minimum absolute atomic E-state index is 0.0123. The first-order valence-corrected chi connectivity index (χ1v) is 5.58. The van der Waals surface area contributed by atoms with E-state index in [4.69, 9.17) is 5.11 Å². The van der Waals surface area contributed by atoms with Crippen LogP contribution >= 0.6 is 0 Å². The Kier molecular flexibility index (Phi) is 7.54. The van der Waals surface area contributed by atoms with E-state index in [1.54, 1.807) is 7.05 Å². The fourth-order valence-corrected chi connectivity index (χ4v) is 1.63. The third-order valence-electron chi connectivity index (χ3n) is 2.19. The molecule has 0 fully saturated rings. The molecule has 5 nitrogen and oxygen atoms in total. The SMILES string of the molecule is CNCC(=O)NC[C@H](CC(=O)O)CC(C)C. The summed E-state index contributed by atoms with van der Waals surface area (Å²) in [4.78, 5) is 21.8. The quantitative estimate of drug-likeness (QED) is 0.566. The zero-order chi connectivity index (χ0) is 12.6. The molecule has 0 aromatic rings. The van der Waals surface area contributed by atoms with Gasteiger partial charge in [0.15, 0.2) is 0 Å². The van der Waals surface area contributed by atoms with E-state index < -0.39 is 5.97 Å². The normalized spacial score (nSPS) is 12.5. The van der Waals surface area contributed by atoms with Gasteiger partial charge in [0.25, 0.3) is 0 Å². The Morgan fingerprint density at radius 3 is 2.38 bits per heavy atom. The van der Waals surface area contributed by atoms with E-state index in [1.807, 2.05) is 13.8 Å². The number of hydrogen-bond acceptors (Lipinski definition) is 3. The van der Waals surface area contributed by atoms with Crippen LogP contribution in [0.1, 0.15) is 26.7 Å². The van der Waals surface area contributed by atoms with Gasteiger partial charge in [0.2, 0.25) is 5.91 Å². The molecule has 0 spiro atoms. The molecule has 0 aliphatic carbocycles. The summed E-state index contributed by atoms with van der Waals surface area (Å²) in [6.07, 6.45) is 0.921. The highest BCUT2D eigenvalue weighted by atomic mass is 16.4. The summed E-state index contributed by atoms with van der Waals surface area (Å²) in [5.41, 5.74) is 0. The number of carboxylic acid groups (broad SMARTS) is 1. The molecule has 0 rings (SSSR count). The molecule has 0 saturated carbocycles. The van der Waals surface area contributed by atoms with Gasteiger partial charge >= 0.3 is 5.97 Å². The van der Waals surface area contributed by atoms with Gasteiger partial charge in [0, 0.05) is 13.0 Å². The van der Waals surface area contributed by atoms with Gasteiger partial charge in [-0.15, -0.1) is 0 Å². The summed E-state index contributed by atoms with van der Waals surface area (Å²) >= 11 is 0. The van der Waals surface area contributed by atoms with Crippen LogP contribution in [0.3, 0.4) is 0 Å². The molecule has 0 saturated heterocycles. The highest BCUT2D eigenvalue weighted by Crippen LogP contribution is 2.14. The van der Waals surface area contributed by atoms with E-state index in [0.717, 1.165) is 6.42 Å². The molecule has 3 N–H and O–H groups in total. The van der Waals surface area contributed by atoms with Crippen LogP contribution in [0, 0.1) is 11.8 Å². The Morgan fingerprint density at radius 1 is 1.31 bits per heavy atom. The molecular weight excluding hydrogens is 208 g/mol. The number of aliphatic carboxylic acids is 1. The van der Waals surface area contributed by atoms with Crippen molar-refractivity contribution in [1.29, 1.82) is 0 Å². The Balaban J connectivity index is 4.00. The number of amides is 1. The number of hydrogen-bond donors (Lipinski definition) is 3. The molecule has 0 unspecified atom stereocenters. The lowest BCUT2D eigenvalue weighted by Gasteiger charge is -2.17. The molecule has 0 aliphatic rings. The Hall–Kier alpha value is -1.10. The molecule has 0 aliphatic heterocycles. The Labute approximate surface area is 96.6 Å². The fraction of sp³-hybridized carbons (Fsp3) is 0.818. The highest BCUT2D eigenvalue weighted by molar-refractivity contribution is 5.78. The molecule has 16 heavy (non-hydrogen) atoms. The van der Waals surface area contributed by atoms with Crippen molar-refractivity contribution in [2.45, 2.75) is 26.7 Å². The van der Waals surface area contributed by atoms with E-state index in [0.29, 0.717) is 12.5 Å². The van der Waals surface area contributed by atoms with Crippen molar-refractivity contribution >= 4 is 11.9 Å². The first-order chi connectivity index (χ1) is 7.45. The number of carboxylic acids is 1. The smallest absolute Gasteiger partial charge is 0.303 e. The largest absolute Gasteiger partial charge is 0.481 e. The average molecular weight is 230 g/mol. The van der Waals surface area contributed by atoms with Crippen LogP contribution in [0.4, 0.5) is 0 Å². The maximum atomic E-state index is 11.2. The molecule has 0 aromatic heterocycles. The minimum atomic E-state index is -0.812. The van der Waals surface area contributed by atoms with E-state index >= 15 is 0 Å².